The maximum atomic E-state index is 11.4. The molecule has 0 heterocycles. The SMILES string of the molecule is CCN(CC)OC(=O)C=CCc1ccccc1. The molecule has 1 aromatic carbocycles. The van der Waals surface area contributed by atoms with Gasteiger partial charge in [-0.05, 0) is 25.8 Å². The molecule has 0 fully saturated rings. The summed E-state index contributed by atoms with van der Waals surface area (Å²) in [5, 5.41) is 1.62. The Morgan fingerprint density at radius 2 is 1.88 bits per heavy atom. The Morgan fingerprint density at radius 1 is 1.24 bits per heavy atom. The van der Waals surface area contributed by atoms with Gasteiger partial charge in [-0.25, -0.2) is 4.79 Å². The summed E-state index contributed by atoms with van der Waals surface area (Å²) in [5.41, 5.74) is 1.18. The van der Waals surface area contributed by atoms with E-state index < -0.39 is 0 Å². The summed E-state index contributed by atoms with van der Waals surface area (Å²) in [7, 11) is 0. The zero-order valence-electron chi connectivity index (χ0n) is 10.4. The Bertz CT molecular complexity index is 356. The molecule has 0 saturated carbocycles. The second kappa shape index (κ2) is 7.63. The third kappa shape index (κ3) is 5.31. The van der Waals surface area contributed by atoms with Gasteiger partial charge < -0.3 is 4.84 Å². The average Bonchev–Trinajstić information content (AvgIpc) is 2.37. The van der Waals surface area contributed by atoms with Gasteiger partial charge in [-0.3, -0.25) is 0 Å². The van der Waals surface area contributed by atoms with Crippen molar-refractivity contribution >= 4 is 5.97 Å². The molecule has 0 N–H and O–H groups in total. The van der Waals surface area contributed by atoms with Gasteiger partial charge in [0.25, 0.3) is 0 Å². The normalized spacial score (nSPS) is 11.0. The molecule has 0 unspecified atom stereocenters. The molecule has 3 nitrogen and oxygen atoms in total. The van der Waals surface area contributed by atoms with E-state index in [4.69, 9.17) is 4.84 Å². The number of hydrogen-bond donors (Lipinski definition) is 0. The Hall–Kier alpha value is -1.61. The molecule has 3 heteroatoms. The number of allylic oxidation sites excluding steroid dienone is 1. The molecular weight excluding hydrogens is 214 g/mol. The molecule has 0 atom stereocenters. The number of benzene rings is 1. The first-order chi connectivity index (χ1) is 8.26. The fourth-order valence-electron chi connectivity index (χ4n) is 1.42. The number of hydrogen-bond acceptors (Lipinski definition) is 3. The molecule has 0 aromatic heterocycles. The molecule has 0 spiro atoms. The number of carbonyl (C=O) groups is 1. The van der Waals surface area contributed by atoms with Crippen molar-refractivity contribution in [3.05, 3.63) is 48.0 Å². The van der Waals surface area contributed by atoms with E-state index in [1.165, 1.54) is 11.6 Å². The van der Waals surface area contributed by atoms with E-state index >= 15 is 0 Å². The first kappa shape index (κ1) is 13.5. The highest BCUT2D eigenvalue weighted by atomic mass is 16.7. The van der Waals surface area contributed by atoms with Crippen LogP contribution < -0.4 is 0 Å². The highest BCUT2D eigenvalue weighted by Crippen LogP contribution is 2.00. The monoisotopic (exact) mass is 233 g/mol. The highest BCUT2D eigenvalue weighted by molar-refractivity contribution is 5.81. The Kier molecular flexibility index (Phi) is 6.04. The molecule has 17 heavy (non-hydrogen) atoms. The van der Waals surface area contributed by atoms with Gasteiger partial charge in [0.05, 0.1) is 0 Å². The minimum atomic E-state index is -0.315. The summed E-state index contributed by atoms with van der Waals surface area (Å²) in [6.45, 7) is 5.30. The Labute approximate surface area is 103 Å². The Balaban J connectivity index is 2.36. The van der Waals surface area contributed by atoms with Crippen LogP contribution in [0.25, 0.3) is 0 Å². The fourth-order valence-corrected chi connectivity index (χ4v) is 1.42. The summed E-state index contributed by atoms with van der Waals surface area (Å²) >= 11 is 0. The van der Waals surface area contributed by atoms with Crippen LogP contribution in [0.2, 0.25) is 0 Å². The topological polar surface area (TPSA) is 29.5 Å². The molecular formula is C14H19NO2. The lowest BCUT2D eigenvalue weighted by Crippen LogP contribution is -2.25. The maximum absolute atomic E-state index is 11.4. The van der Waals surface area contributed by atoms with E-state index in [1.54, 1.807) is 5.06 Å². The van der Waals surface area contributed by atoms with E-state index in [0.717, 1.165) is 6.42 Å². The molecule has 0 amide bonds. The standard InChI is InChI=1S/C14H19NO2/c1-3-15(4-2)17-14(16)12-8-11-13-9-6-5-7-10-13/h5-10,12H,3-4,11H2,1-2H3. The minimum Gasteiger partial charge on any atom is -0.364 e. The molecule has 0 radical (unpaired) electrons. The molecule has 92 valence electrons. The number of carbonyl (C=O) groups excluding carboxylic acids is 1. The summed E-state index contributed by atoms with van der Waals surface area (Å²) in [6, 6.07) is 10.00. The predicted molar refractivity (Wildman–Crippen MR) is 68.3 cm³/mol. The molecule has 0 aliphatic carbocycles. The van der Waals surface area contributed by atoms with Gasteiger partial charge in [-0.1, -0.05) is 36.4 Å². The van der Waals surface area contributed by atoms with Crippen LogP contribution >= 0.6 is 0 Å². The summed E-state index contributed by atoms with van der Waals surface area (Å²) in [4.78, 5) is 16.5. The molecule has 1 aromatic rings. The second-order valence-corrected chi connectivity index (χ2v) is 3.62. The van der Waals surface area contributed by atoms with Gasteiger partial charge in [0, 0.05) is 19.2 Å². The van der Waals surface area contributed by atoms with Crippen LogP contribution in [0.4, 0.5) is 0 Å². The van der Waals surface area contributed by atoms with Gasteiger partial charge in [-0.2, -0.15) is 0 Å². The van der Waals surface area contributed by atoms with E-state index in [2.05, 4.69) is 0 Å². The van der Waals surface area contributed by atoms with Crippen molar-refractivity contribution < 1.29 is 9.63 Å². The zero-order chi connectivity index (χ0) is 12.5. The first-order valence-corrected chi connectivity index (χ1v) is 5.93. The summed E-state index contributed by atoms with van der Waals surface area (Å²) in [5.74, 6) is -0.315. The van der Waals surface area contributed by atoms with Crippen molar-refractivity contribution in [2.75, 3.05) is 13.1 Å². The van der Waals surface area contributed by atoms with Gasteiger partial charge in [0.2, 0.25) is 0 Å². The minimum absolute atomic E-state index is 0.315. The van der Waals surface area contributed by atoms with Crippen LogP contribution in [0.5, 0.6) is 0 Å². The van der Waals surface area contributed by atoms with Gasteiger partial charge >= 0.3 is 5.97 Å². The largest absolute Gasteiger partial charge is 0.364 e. The van der Waals surface area contributed by atoms with Crippen molar-refractivity contribution in [2.24, 2.45) is 0 Å². The quantitative estimate of drug-likeness (QED) is 0.558. The van der Waals surface area contributed by atoms with Gasteiger partial charge in [0.1, 0.15) is 0 Å². The predicted octanol–water partition coefficient (Wildman–Crippen LogP) is 2.59. The lowest BCUT2D eigenvalue weighted by atomic mass is 10.1. The van der Waals surface area contributed by atoms with Crippen molar-refractivity contribution in [1.82, 2.24) is 5.06 Å². The first-order valence-electron chi connectivity index (χ1n) is 5.93. The van der Waals surface area contributed by atoms with Gasteiger partial charge in [0.15, 0.2) is 0 Å². The van der Waals surface area contributed by atoms with E-state index in [1.807, 2.05) is 50.3 Å². The fraction of sp³-hybridized carbons (Fsp3) is 0.357. The number of hydroxylamine groups is 2. The number of rotatable bonds is 6. The lowest BCUT2D eigenvalue weighted by molar-refractivity contribution is -0.182. The van der Waals surface area contributed by atoms with Crippen LogP contribution in [0.15, 0.2) is 42.5 Å². The third-order valence-corrected chi connectivity index (χ3v) is 2.37. The van der Waals surface area contributed by atoms with Crippen LogP contribution in [-0.4, -0.2) is 24.1 Å². The maximum Gasteiger partial charge on any atom is 0.349 e. The highest BCUT2D eigenvalue weighted by Gasteiger charge is 2.03. The summed E-state index contributed by atoms with van der Waals surface area (Å²) < 4.78 is 0. The second-order valence-electron chi connectivity index (χ2n) is 3.62. The van der Waals surface area contributed by atoms with Crippen LogP contribution in [-0.2, 0) is 16.1 Å². The third-order valence-electron chi connectivity index (χ3n) is 2.37. The molecule has 1 rings (SSSR count). The van der Waals surface area contributed by atoms with Crippen molar-refractivity contribution in [3.8, 4) is 0 Å². The molecule has 0 aliphatic heterocycles. The lowest BCUT2D eigenvalue weighted by Gasteiger charge is -2.15. The molecule has 0 saturated heterocycles. The van der Waals surface area contributed by atoms with Gasteiger partial charge in [-0.15, -0.1) is 5.06 Å². The van der Waals surface area contributed by atoms with E-state index in [0.29, 0.717) is 13.1 Å². The van der Waals surface area contributed by atoms with Crippen molar-refractivity contribution in [1.29, 1.82) is 0 Å². The van der Waals surface area contributed by atoms with Crippen molar-refractivity contribution in [2.45, 2.75) is 20.3 Å². The van der Waals surface area contributed by atoms with Crippen LogP contribution in [0.3, 0.4) is 0 Å². The van der Waals surface area contributed by atoms with Crippen LogP contribution in [0, 0.1) is 0 Å². The molecule has 0 bridgehead atoms. The summed E-state index contributed by atoms with van der Waals surface area (Å²) in [6.07, 6.45) is 4.04. The van der Waals surface area contributed by atoms with Crippen molar-refractivity contribution in [3.63, 3.8) is 0 Å². The van der Waals surface area contributed by atoms with E-state index in [9.17, 15) is 4.79 Å². The van der Waals surface area contributed by atoms with E-state index in [-0.39, 0.29) is 5.97 Å². The zero-order valence-corrected chi connectivity index (χ0v) is 10.4. The Morgan fingerprint density at radius 3 is 2.47 bits per heavy atom. The average molecular weight is 233 g/mol. The smallest absolute Gasteiger partial charge is 0.349 e. The molecule has 0 aliphatic rings. The number of nitrogens with zero attached hydrogens (tertiary/aromatic N) is 1. The van der Waals surface area contributed by atoms with Crippen LogP contribution in [0.1, 0.15) is 19.4 Å².